The first kappa shape index (κ1) is 19.5. The van der Waals surface area contributed by atoms with Gasteiger partial charge in [-0.2, -0.15) is 0 Å². The van der Waals surface area contributed by atoms with Crippen LogP contribution in [0, 0.1) is 11.8 Å². The summed E-state index contributed by atoms with van der Waals surface area (Å²) in [4.78, 5) is 17.8. The van der Waals surface area contributed by atoms with Crippen LogP contribution in [0.1, 0.15) is 104 Å². The molecule has 0 amide bonds. The third-order valence-corrected chi connectivity index (χ3v) is 6.27. The average Bonchev–Trinajstić information content (AvgIpc) is 2.60. The summed E-state index contributed by atoms with van der Waals surface area (Å²) in [6, 6.07) is 0. The fourth-order valence-corrected chi connectivity index (χ4v) is 4.97. The summed E-state index contributed by atoms with van der Waals surface area (Å²) in [5.41, 5.74) is 5.45. The van der Waals surface area contributed by atoms with Crippen LogP contribution in [0.4, 0.5) is 0 Å². The lowest BCUT2D eigenvalue weighted by atomic mass is 9.73. The number of hydrogen-bond acceptors (Lipinski definition) is 2. The molecule has 0 aromatic carbocycles. The number of nitrogens with two attached hydrogens (primary N) is 1. The van der Waals surface area contributed by atoms with E-state index in [1.165, 1.54) is 64.2 Å². The monoisotopic (exact) mass is 334 g/mol. The SMILES string of the molecule is CCC(=O)C(CCC1CCCCC1)(CC1CCCCC1)N=C(C)N. The molecule has 0 heterocycles. The molecule has 2 rings (SSSR count). The maximum Gasteiger partial charge on any atom is 0.160 e. The molecule has 0 aliphatic heterocycles. The Balaban J connectivity index is 2.12. The van der Waals surface area contributed by atoms with E-state index in [1.807, 2.05) is 13.8 Å². The molecule has 0 saturated heterocycles. The van der Waals surface area contributed by atoms with E-state index in [0.717, 1.165) is 25.2 Å². The van der Waals surface area contributed by atoms with Crippen LogP contribution in [0.5, 0.6) is 0 Å². The standard InChI is InChI=1S/C21H38N2O/c1-3-20(24)21(23-17(2)22,16-19-12-8-5-9-13-19)15-14-18-10-6-4-7-11-18/h18-19H,3-16H2,1-2H3,(H2,22,23). The molecule has 2 aliphatic carbocycles. The number of nitrogens with zero attached hydrogens (tertiary/aromatic N) is 1. The second-order valence-corrected chi connectivity index (χ2v) is 8.31. The number of Topliss-reactive ketones (excluding diaryl/α,β-unsaturated/α-hetero) is 1. The largest absolute Gasteiger partial charge is 0.388 e. The molecule has 138 valence electrons. The van der Waals surface area contributed by atoms with Crippen molar-refractivity contribution in [3.05, 3.63) is 0 Å². The molecule has 0 bridgehead atoms. The van der Waals surface area contributed by atoms with Gasteiger partial charge in [-0.25, -0.2) is 0 Å². The highest BCUT2D eigenvalue weighted by atomic mass is 16.1. The van der Waals surface area contributed by atoms with Crippen molar-refractivity contribution in [1.29, 1.82) is 0 Å². The predicted octanol–water partition coefficient (Wildman–Crippen LogP) is 5.41. The fourth-order valence-electron chi connectivity index (χ4n) is 4.97. The summed E-state index contributed by atoms with van der Waals surface area (Å²) in [5, 5.41) is 0. The smallest absolute Gasteiger partial charge is 0.160 e. The zero-order valence-electron chi connectivity index (χ0n) is 16.0. The van der Waals surface area contributed by atoms with Crippen molar-refractivity contribution in [2.45, 2.75) is 109 Å². The van der Waals surface area contributed by atoms with E-state index in [4.69, 9.17) is 10.7 Å². The van der Waals surface area contributed by atoms with E-state index in [1.54, 1.807) is 0 Å². The minimum atomic E-state index is -0.535. The quantitative estimate of drug-likeness (QED) is 0.476. The van der Waals surface area contributed by atoms with Crippen LogP contribution >= 0.6 is 0 Å². The summed E-state index contributed by atoms with van der Waals surface area (Å²) < 4.78 is 0. The van der Waals surface area contributed by atoms with Crippen LogP contribution in [-0.4, -0.2) is 17.2 Å². The second-order valence-electron chi connectivity index (χ2n) is 8.31. The normalized spacial score (nSPS) is 23.8. The maximum atomic E-state index is 13.0. The zero-order chi connectivity index (χ0) is 17.4. The molecule has 2 N–H and O–H groups in total. The van der Waals surface area contributed by atoms with E-state index in [2.05, 4.69) is 0 Å². The molecule has 1 atom stereocenters. The number of aliphatic imine (C=N–C) groups is 1. The second kappa shape index (κ2) is 9.58. The van der Waals surface area contributed by atoms with Gasteiger partial charge in [-0.1, -0.05) is 71.1 Å². The van der Waals surface area contributed by atoms with Crippen molar-refractivity contribution in [1.82, 2.24) is 0 Å². The summed E-state index contributed by atoms with van der Waals surface area (Å²) in [6.07, 6.45) is 16.9. The third kappa shape index (κ3) is 5.60. The number of rotatable bonds is 8. The molecule has 1 unspecified atom stereocenters. The first-order valence-corrected chi connectivity index (χ1v) is 10.4. The molecule has 3 heteroatoms. The van der Waals surface area contributed by atoms with Crippen molar-refractivity contribution in [3.63, 3.8) is 0 Å². The fraction of sp³-hybridized carbons (Fsp3) is 0.905. The van der Waals surface area contributed by atoms with Crippen molar-refractivity contribution >= 4 is 11.6 Å². The molecule has 0 aromatic rings. The Morgan fingerprint density at radius 1 is 1.00 bits per heavy atom. The molecule has 24 heavy (non-hydrogen) atoms. The lowest BCUT2D eigenvalue weighted by Gasteiger charge is -2.35. The Bertz CT molecular complexity index is 416. The Labute approximate surface area is 148 Å². The van der Waals surface area contributed by atoms with Gasteiger partial charge in [-0.15, -0.1) is 0 Å². The summed E-state index contributed by atoms with van der Waals surface area (Å²) >= 11 is 0. The number of carbonyl (C=O) groups is 1. The Kier molecular flexibility index (Phi) is 7.77. The molecule has 2 saturated carbocycles. The van der Waals surface area contributed by atoms with Gasteiger partial charge in [0.2, 0.25) is 0 Å². The van der Waals surface area contributed by atoms with Crippen LogP contribution in [0.25, 0.3) is 0 Å². The molecular formula is C21H38N2O. The number of hydrogen-bond donors (Lipinski definition) is 1. The zero-order valence-corrected chi connectivity index (χ0v) is 16.0. The lowest BCUT2D eigenvalue weighted by molar-refractivity contribution is -0.125. The van der Waals surface area contributed by atoms with Crippen LogP contribution in [-0.2, 0) is 4.79 Å². The first-order valence-electron chi connectivity index (χ1n) is 10.4. The van der Waals surface area contributed by atoms with Gasteiger partial charge >= 0.3 is 0 Å². The first-order chi connectivity index (χ1) is 11.6. The third-order valence-electron chi connectivity index (χ3n) is 6.27. The molecule has 0 aromatic heterocycles. The summed E-state index contributed by atoms with van der Waals surface area (Å²) in [7, 11) is 0. The van der Waals surface area contributed by atoms with Gasteiger partial charge in [0.15, 0.2) is 5.78 Å². The van der Waals surface area contributed by atoms with E-state index >= 15 is 0 Å². The van der Waals surface area contributed by atoms with Gasteiger partial charge in [0, 0.05) is 6.42 Å². The van der Waals surface area contributed by atoms with E-state index < -0.39 is 5.54 Å². The van der Waals surface area contributed by atoms with Crippen molar-refractivity contribution in [2.24, 2.45) is 22.6 Å². The topological polar surface area (TPSA) is 55.5 Å². The molecule has 3 nitrogen and oxygen atoms in total. The number of ketones is 1. The summed E-state index contributed by atoms with van der Waals surface area (Å²) in [6.45, 7) is 3.83. The van der Waals surface area contributed by atoms with Crippen LogP contribution in [0.15, 0.2) is 4.99 Å². The van der Waals surface area contributed by atoms with Crippen molar-refractivity contribution in [3.8, 4) is 0 Å². The van der Waals surface area contributed by atoms with Gasteiger partial charge in [0.05, 0.1) is 5.84 Å². The Hall–Kier alpha value is -0.860. The lowest BCUT2D eigenvalue weighted by Crippen LogP contribution is -2.41. The maximum absolute atomic E-state index is 13.0. The van der Waals surface area contributed by atoms with E-state index in [9.17, 15) is 4.79 Å². The van der Waals surface area contributed by atoms with Crippen LogP contribution < -0.4 is 5.73 Å². The Morgan fingerprint density at radius 2 is 1.54 bits per heavy atom. The molecule has 2 fully saturated rings. The van der Waals surface area contributed by atoms with Gasteiger partial charge in [-0.3, -0.25) is 9.79 Å². The van der Waals surface area contributed by atoms with Gasteiger partial charge < -0.3 is 5.73 Å². The Morgan fingerprint density at radius 3 is 2.04 bits per heavy atom. The van der Waals surface area contributed by atoms with Crippen LogP contribution in [0.3, 0.4) is 0 Å². The van der Waals surface area contributed by atoms with Crippen molar-refractivity contribution in [2.75, 3.05) is 0 Å². The van der Waals surface area contributed by atoms with Crippen molar-refractivity contribution < 1.29 is 4.79 Å². The highest BCUT2D eigenvalue weighted by Gasteiger charge is 2.39. The van der Waals surface area contributed by atoms with E-state index in [-0.39, 0.29) is 0 Å². The van der Waals surface area contributed by atoms with Gasteiger partial charge in [-0.05, 0) is 38.0 Å². The molecule has 0 radical (unpaired) electrons. The summed E-state index contributed by atoms with van der Waals surface area (Å²) in [5.74, 6) is 2.34. The molecule has 2 aliphatic rings. The number of carbonyl (C=O) groups excluding carboxylic acids is 1. The average molecular weight is 335 g/mol. The minimum Gasteiger partial charge on any atom is -0.388 e. The van der Waals surface area contributed by atoms with Crippen LogP contribution in [0.2, 0.25) is 0 Å². The predicted molar refractivity (Wildman–Crippen MR) is 102 cm³/mol. The van der Waals surface area contributed by atoms with E-state index in [0.29, 0.717) is 24.0 Å². The highest BCUT2D eigenvalue weighted by molar-refractivity contribution is 5.91. The molecular weight excluding hydrogens is 296 g/mol. The van der Waals surface area contributed by atoms with Gasteiger partial charge in [0.1, 0.15) is 5.54 Å². The number of amidine groups is 1. The minimum absolute atomic E-state index is 0.314. The van der Waals surface area contributed by atoms with Gasteiger partial charge in [0.25, 0.3) is 0 Å². The molecule has 0 spiro atoms. The highest BCUT2D eigenvalue weighted by Crippen LogP contribution is 2.38.